The molecule has 5 nitrogen and oxygen atoms in total. The van der Waals surface area contributed by atoms with Gasteiger partial charge in [-0.2, -0.15) is 0 Å². The maximum atomic E-state index is 14.6. The molecule has 0 saturated heterocycles. The van der Waals surface area contributed by atoms with E-state index in [1.165, 1.54) is 11.0 Å². The molecule has 1 atom stereocenters. The van der Waals surface area contributed by atoms with Crippen molar-refractivity contribution in [2.45, 2.75) is 59.2 Å². The first kappa shape index (κ1) is 26.9. The van der Waals surface area contributed by atoms with Crippen LogP contribution in [0.25, 0.3) is 0 Å². The summed E-state index contributed by atoms with van der Waals surface area (Å²) in [6, 6.07) is 20.7. The van der Waals surface area contributed by atoms with Crippen LogP contribution >= 0.6 is 0 Å². The zero-order valence-corrected chi connectivity index (χ0v) is 21.7. The summed E-state index contributed by atoms with van der Waals surface area (Å²) in [6.45, 7) is 9.23. The van der Waals surface area contributed by atoms with Gasteiger partial charge in [0, 0.05) is 24.1 Å². The molecule has 0 aliphatic heterocycles. The van der Waals surface area contributed by atoms with E-state index in [4.69, 9.17) is 4.74 Å². The van der Waals surface area contributed by atoms with Gasteiger partial charge in [0.1, 0.15) is 17.6 Å². The van der Waals surface area contributed by atoms with Gasteiger partial charge in [0.25, 0.3) is 5.91 Å². The predicted molar refractivity (Wildman–Crippen MR) is 140 cm³/mol. The quantitative estimate of drug-likeness (QED) is 0.438. The summed E-state index contributed by atoms with van der Waals surface area (Å²) in [5, 5.41) is 3.00. The van der Waals surface area contributed by atoms with E-state index in [2.05, 4.69) is 5.32 Å². The monoisotopic (exact) mass is 490 g/mol. The smallest absolute Gasteiger partial charge is 0.261 e. The van der Waals surface area contributed by atoms with Gasteiger partial charge in [-0.05, 0) is 57.9 Å². The Morgan fingerprint density at radius 2 is 1.64 bits per heavy atom. The fraction of sp³-hybridized carbons (Fsp3) is 0.333. The molecular weight excluding hydrogens is 455 g/mol. The summed E-state index contributed by atoms with van der Waals surface area (Å²) in [5.41, 5.74) is 2.73. The third-order valence-corrected chi connectivity index (χ3v) is 5.75. The van der Waals surface area contributed by atoms with Gasteiger partial charge in [-0.15, -0.1) is 0 Å². The first-order valence-corrected chi connectivity index (χ1v) is 12.1. The molecule has 0 saturated carbocycles. The molecule has 36 heavy (non-hydrogen) atoms. The number of rotatable bonds is 9. The summed E-state index contributed by atoms with van der Waals surface area (Å²) in [7, 11) is 0. The molecular formula is C30H35FN2O3. The van der Waals surface area contributed by atoms with Crippen molar-refractivity contribution < 1.29 is 18.7 Å². The van der Waals surface area contributed by atoms with Crippen LogP contribution in [0.15, 0.2) is 72.8 Å². The first-order valence-electron chi connectivity index (χ1n) is 12.1. The van der Waals surface area contributed by atoms with Crippen LogP contribution in [0.4, 0.5) is 4.39 Å². The molecule has 3 rings (SSSR count). The van der Waals surface area contributed by atoms with Crippen molar-refractivity contribution in [1.29, 1.82) is 0 Å². The third-order valence-electron chi connectivity index (χ3n) is 5.75. The molecule has 0 fully saturated rings. The van der Waals surface area contributed by atoms with Crippen LogP contribution in [0.5, 0.6) is 5.75 Å². The zero-order chi connectivity index (χ0) is 26.3. The number of benzene rings is 3. The minimum atomic E-state index is -0.860. The van der Waals surface area contributed by atoms with Crippen LogP contribution in [-0.4, -0.2) is 34.9 Å². The van der Waals surface area contributed by atoms with Crippen LogP contribution in [0.3, 0.4) is 0 Å². The lowest BCUT2D eigenvalue weighted by Gasteiger charge is -2.34. The maximum absolute atomic E-state index is 14.6. The average Bonchev–Trinajstić information content (AvgIpc) is 2.81. The highest BCUT2D eigenvalue weighted by Crippen LogP contribution is 2.21. The summed E-state index contributed by atoms with van der Waals surface area (Å²) in [4.78, 5) is 28.5. The maximum Gasteiger partial charge on any atom is 0.261 e. The standard InChI is InChI=1S/C30H35FN2O3/c1-21-15-16-27(22(2)17-21)36-20-28(34)33(19-24-13-9-10-14-25(24)31)26(29(35)32-30(3,4)5)18-23-11-7-6-8-12-23/h6-17,26H,18-20H2,1-5H3,(H,32,35)/t26-/m0/s1. The number of hydrogen-bond acceptors (Lipinski definition) is 3. The Bertz CT molecular complexity index is 1190. The molecule has 0 aliphatic rings. The van der Waals surface area contributed by atoms with Gasteiger partial charge in [-0.3, -0.25) is 9.59 Å². The second kappa shape index (κ2) is 11.8. The highest BCUT2D eigenvalue weighted by molar-refractivity contribution is 5.89. The number of aryl methyl sites for hydroxylation is 2. The van der Waals surface area contributed by atoms with Crippen LogP contribution < -0.4 is 10.1 Å². The molecule has 190 valence electrons. The van der Waals surface area contributed by atoms with Crippen molar-refractivity contribution in [3.05, 3.63) is 101 Å². The van der Waals surface area contributed by atoms with E-state index in [-0.39, 0.29) is 25.5 Å². The summed E-state index contributed by atoms with van der Waals surface area (Å²) in [6.07, 6.45) is 0.284. The molecule has 3 aromatic carbocycles. The SMILES string of the molecule is Cc1ccc(OCC(=O)N(Cc2ccccc2F)[C@@H](Cc2ccccc2)C(=O)NC(C)(C)C)c(C)c1. The van der Waals surface area contributed by atoms with Crippen LogP contribution in [-0.2, 0) is 22.6 Å². The topological polar surface area (TPSA) is 58.6 Å². The molecule has 1 N–H and O–H groups in total. The van der Waals surface area contributed by atoms with Crippen LogP contribution in [0.1, 0.15) is 43.0 Å². The van der Waals surface area contributed by atoms with Crippen molar-refractivity contribution in [1.82, 2.24) is 10.2 Å². The fourth-order valence-electron chi connectivity index (χ4n) is 4.00. The molecule has 2 amide bonds. The number of ether oxygens (including phenoxy) is 1. The molecule has 0 spiro atoms. The number of nitrogens with zero attached hydrogens (tertiary/aromatic N) is 1. The van der Waals surface area contributed by atoms with Gasteiger partial charge in [0.05, 0.1) is 0 Å². The highest BCUT2D eigenvalue weighted by Gasteiger charge is 2.33. The normalized spacial score (nSPS) is 12.1. The number of carbonyl (C=O) groups is 2. The number of halogens is 1. The third kappa shape index (κ3) is 7.67. The Kier molecular flexibility index (Phi) is 8.86. The molecule has 0 heterocycles. The molecule has 0 aromatic heterocycles. The Morgan fingerprint density at radius 1 is 0.972 bits per heavy atom. The molecule has 3 aromatic rings. The van der Waals surface area contributed by atoms with Gasteiger partial charge in [0.15, 0.2) is 6.61 Å². The van der Waals surface area contributed by atoms with Gasteiger partial charge in [0.2, 0.25) is 5.91 Å². The minimum Gasteiger partial charge on any atom is -0.483 e. The zero-order valence-electron chi connectivity index (χ0n) is 21.7. The van der Waals surface area contributed by atoms with Crippen molar-refractivity contribution in [2.75, 3.05) is 6.61 Å². The van der Waals surface area contributed by atoms with E-state index in [0.29, 0.717) is 11.3 Å². The summed E-state index contributed by atoms with van der Waals surface area (Å²) in [5.74, 6) is -0.537. The first-order chi connectivity index (χ1) is 17.0. The molecule has 0 radical (unpaired) electrons. The van der Waals surface area contributed by atoms with Gasteiger partial charge in [-0.25, -0.2) is 4.39 Å². The van der Waals surface area contributed by atoms with Crippen molar-refractivity contribution in [3.8, 4) is 5.75 Å². The number of amides is 2. The Morgan fingerprint density at radius 3 is 2.28 bits per heavy atom. The Hall–Kier alpha value is -3.67. The lowest BCUT2D eigenvalue weighted by molar-refractivity contribution is -0.143. The Balaban J connectivity index is 1.95. The lowest BCUT2D eigenvalue weighted by Crippen LogP contribution is -2.55. The van der Waals surface area contributed by atoms with E-state index >= 15 is 0 Å². The van der Waals surface area contributed by atoms with Crippen molar-refractivity contribution in [3.63, 3.8) is 0 Å². The molecule has 0 aliphatic carbocycles. The van der Waals surface area contributed by atoms with Gasteiger partial charge < -0.3 is 15.0 Å². The molecule has 6 heteroatoms. The van der Waals surface area contributed by atoms with E-state index in [1.807, 2.05) is 83.1 Å². The van der Waals surface area contributed by atoms with Crippen molar-refractivity contribution >= 4 is 11.8 Å². The summed E-state index contributed by atoms with van der Waals surface area (Å²) >= 11 is 0. The van der Waals surface area contributed by atoms with E-state index < -0.39 is 23.3 Å². The van der Waals surface area contributed by atoms with Crippen LogP contribution in [0.2, 0.25) is 0 Å². The summed E-state index contributed by atoms with van der Waals surface area (Å²) < 4.78 is 20.5. The average molecular weight is 491 g/mol. The Labute approximate surface area is 213 Å². The number of hydrogen-bond donors (Lipinski definition) is 1. The van der Waals surface area contributed by atoms with Crippen LogP contribution in [0, 0.1) is 19.7 Å². The fourth-order valence-corrected chi connectivity index (χ4v) is 4.00. The lowest BCUT2D eigenvalue weighted by atomic mass is 10.0. The largest absolute Gasteiger partial charge is 0.483 e. The second-order valence-corrected chi connectivity index (χ2v) is 10.1. The molecule has 0 unspecified atom stereocenters. The van der Waals surface area contributed by atoms with E-state index in [0.717, 1.165) is 16.7 Å². The number of nitrogens with one attached hydrogen (secondary N) is 1. The predicted octanol–water partition coefficient (Wildman–Crippen LogP) is 5.38. The van der Waals surface area contributed by atoms with Crippen molar-refractivity contribution in [2.24, 2.45) is 0 Å². The van der Waals surface area contributed by atoms with E-state index in [9.17, 15) is 14.0 Å². The highest BCUT2D eigenvalue weighted by atomic mass is 19.1. The second-order valence-electron chi connectivity index (χ2n) is 10.1. The van der Waals surface area contributed by atoms with E-state index in [1.54, 1.807) is 18.2 Å². The number of carbonyl (C=O) groups excluding carboxylic acids is 2. The minimum absolute atomic E-state index is 0.0587. The molecule has 0 bridgehead atoms. The van der Waals surface area contributed by atoms with Gasteiger partial charge >= 0.3 is 0 Å². The van der Waals surface area contributed by atoms with Gasteiger partial charge in [-0.1, -0.05) is 66.2 Å².